The molecule has 1 heterocycles. The molecule has 0 aromatic rings. The molecule has 46 valence electrons. The molecule has 0 saturated carbocycles. The van der Waals surface area contributed by atoms with Crippen molar-refractivity contribution in [2.24, 2.45) is 0 Å². The van der Waals surface area contributed by atoms with Gasteiger partial charge in [-0.2, -0.15) is 5.06 Å². The smallest absolute Gasteiger partial charge is 0.193 e. The number of aliphatic hydroxyl groups is 1. The number of hydrogen-bond acceptors (Lipinski definition) is 3. The fraction of sp³-hybridized carbons (Fsp3) is 0.600. The van der Waals surface area contributed by atoms with Crippen LogP contribution in [-0.4, -0.2) is 29.5 Å². The van der Waals surface area contributed by atoms with Crippen LogP contribution in [0.2, 0.25) is 0 Å². The van der Waals surface area contributed by atoms with Crippen LogP contribution in [0, 0.1) is 0 Å². The molecule has 1 saturated heterocycles. The van der Waals surface area contributed by atoms with Crippen molar-refractivity contribution in [3.05, 3.63) is 12.7 Å². The van der Waals surface area contributed by atoms with Gasteiger partial charge in [0.25, 0.3) is 0 Å². The van der Waals surface area contributed by atoms with Crippen molar-refractivity contribution in [2.75, 3.05) is 13.1 Å². The molecule has 8 heavy (non-hydrogen) atoms. The van der Waals surface area contributed by atoms with Gasteiger partial charge in [-0.3, -0.25) is 4.84 Å². The molecule has 1 atom stereocenters. The highest BCUT2D eigenvalue weighted by Crippen LogP contribution is 2.05. The Morgan fingerprint density at radius 1 is 1.75 bits per heavy atom. The van der Waals surface area contributed by atoms with Crippen molar-refractivity contribution >= 4 is 0 Å². The maximum absolute atomic E-state index is 8.69. The normalized spacial score (nSPS) is 22.6. The minimum absolute atomic E-state index is 0.822. The highest BCUT2D eigenvalue weighted by molar-refractivity contribution is 4.71. The lowest BCUT2D eigenvalue weighted by Crippen LogP contribution is -2.11. The van der Waals surface area contributed by atoms with E-state index < -0.39 is 6.29 Å². The molecule has 1 rings (SSSR count). The summed E-state index contributed by atoms with van der Waals surface area (Å²) in [6, 6.07) is 0. The lowest BCUT2D eigenvalue weighted by Gasteiger charge is -2.04. The maximum atomic E-state index is 8.69. The SMILES string of the molecule is C=CC(O)ON1CC1. The number of aliphatic hydroxyl groups excluding tert-OH is 1. The van der Waals surface area contributed by atoms with Crippen LogP contribution >= 0.6 is 0 Å². The van der Waals surface area contributed by atoms with E-state index in [9.17, 15) is 0 Å². The number of nitrogens with zero attached hydrogens (tertiary/aromatic N) is 1. The van der Waals surface area contributed by atoms with Crippen LogP contribution in [0.5, 0.6) is 0 Å². The van der Waals surface area contributed by atoms with Crippen molar-refractivity contribution in [1.82, 2.24) is 5.06 Å². The third kappa shape index (κ3) is 1.61. The number of rotatable bonds is 3. The molecule has 3 nitrogen and oxygen atoms in total. The lowest BCUT2D eigenvalue weighted by molar-refractivity contribution is -0.183. The molecule has 1 fully saturated rings. The van der Waals surface area contributed by atoms with Gasteiger partial charge in [0.05, 0.1) is 0 Å². The minimum Gasteiger partial charge on any atom is -0.363 e. The Bertz CT molecular complexity index is 90.4. The van der Waals surface area contributed by atoms with Crippen LogP contribution in [-0.2, 0) is 4.84 Å². The highest BCUT2D eigenvalue weighted by Gasteiger charge is 2.20. The molecule has 0 amide bonds. The second-order valence-electron chi connectivity index (χ2n) is 1.66. The van der Waals surface area contributed by atoms with Crippen LogP contribution in [0.15, 0.2) is 12.7 Å². The van der Waals surface area contributed by atoms with Gasteiger partial charge in [0.2, 0.25) is 0 Å². The Hall–Kier alpha value is -0.380. The Labute approximate surface area is 48.1 Å². The van der Waals surface area contributed by atoms with Gasteiger partial charge in [-0.1, -0.05) is 6.58 Å². The van der Waals surface area contributed by atoms with Gasteiger partial charge >= 0.3 is 0 Å². The predicted octanol–water partition coefficient (Wildman–Crippen LogP) is -0.262. The molecule has 1 aliphatic rings. The first-order chi connectivity index (χ1) is 3.83. The molecule has 0 spiro atoms. The molecule has 3 heteroatoms. The molecule has 1 unspecified atom stereocenters. The van der Waals surface area contributed by atoms with Gasteiger partial charge < -0.3 is 5.11 Å². The zero-order valence-electron chi connectivity index (χ0n) is 4.58. The lowest BCUT2D eigenvalue weighted by atomic mass is 10.6. The maximum Gasteiger partial charge on any atom is 0.193 e. The van der Waals surface area contributed by atoms with E-state index in [1.54, 1.807) is 5.06 Å². The molecule has 0 aliphatic carbocycles. The Balaban J connectivity index is 2.06. The summed E-state index contributed by atoms with van der Waals surface area (Å²) in [4.78, 5) is 4.78. The third-order valence-electron chi connectivity index (χ3n) is 0.865. The second-order valence-corrected chi connectivity index (χ2v) is 1.66. The average Bonchev–Trinajstić information content (AvgIpc) is 2.50. The highest BCUT2D eigenvalue weighted by atomic mass is 16.8. The summed E-state index contributed by atoms with van der Waals surface area (Å²) in [5.41, 5.74) is 0. The Morgan fingerprint density at radius 3 is 2.75 bits per heavy atom. The molecular weight excluding hydrogens is 106 g/mol. The topological polar surface area (TPSA) is 32.5 Å². The first-order valence-electron chi connectivity index (χ1n) is 2.55. The summed E-state index contributed by atoms with van der Waals surface area (Å²) in [5, 5.41) is 10.3. The summed E-state index contributed by atoms with van der Waals surface area (Å²) in [6.45, 7) is 5.18. The van der Waals surface area contributed by atoms with Gasteiger partial charge in [-0.05, 0) is 6.08 Å². The van der Waals surface area contributed by atoms with Crippen LogP contribution in [0.4, 0.5) is 0 Å². The Kier molecular flexibility index (Phi) is 1.62. The van der Waals surface area contributed by atoms with E-state index in [2.05, 4.69) is 6.58 Å². The summed E-state index contributed by atoms with van der Waals surface area (Å²) in [6.07, 6.45) is 0.524. The summed E-state index contributed by atoms with van der Waals surface area (Å²) >= 11 is 0. The zero-order valence-corrected chi connectivity index (χ0v) is 4.58. The first kappa shape index (κ1) is 5.75. The molecular formula is C5H9NO2. The second kappa shape index (κ2) is 2.26. The van der Waals surface area contributed by atoms with Crippen molar-refractivity contribution in [3.8, 4) is 0 Å². The average molecular weight is 115 g/mol. The van der Waals surface area contributed by atoms with E-state index in [4.69, 9.17) is 9.94 Å². The van der Waals surface area contributed by atoms with Crippen molar-refractivity contribution < 1.29 is 9.94 Å². The van der Waals surface area contributed by atoms with Gasteiger partial charge in [0.15, 0.2) is 6.29 Å². The Morgan fingerprint density at radius 2 is 2.38 bits per heavy atom. The zero-order chi connectivity index (χ0) is 5.98. The quantitative estimate of drug-likeness (QED) is 0.312. The van der Waals surface area contributed by atoms with Crippen LogP contribution in [0.25, 0.3) is 0 Å². The molecule has 0 radical (unpaired) electrons. The van der Waals surface area contributed by atoms with Crippen LogP contribution in [0.3, 0.4) is 0 Å². The molecule has 1 aliphatic heterocycles. The van der Waals surface area contributed by atoms with Crippen molar-refractivity contribution in [1.29, 1.82) is 0 Å². The van der Waals surface area contributed by atoms with E-state index in [0.29, 0.717) is 0 Å². The number of hydroxylamine groups is 2. The molecule has 0 aromatic heterocycles. The van der Waals surface area contributed by atoms with Gasteiger partial charge in [0, 0.05) is 13.1 Å². The first-order valence-corrected chi connectivity index (χ1v) is 2.55. The van der Waals surface area contributed by atoms with Gasteiger partial charge in [-0.15, -0.1) is 0 Å². The molecule has 0 bridgehead atoms. The van der Waals surface area contributed by atoms with E-state index in [1.807, 2.05) is 0 Å². The van der Waals surface area contributed by atoms with Crippen LogP contribution < -0.4 is 0 Å². The summed E-state index contributed by atoms with van der Waals surface area (Å²) in [5.74, 6) is 0. The summed E-state index contributed by atoms with van der Waals surface area (Å²) < 4.78 is 0. The van der Waals surface area contributed by atoms with Crippen molar-refractivity contribution in [2.45, 2.75) is 6.29 Å². The minimum atomic E-state index is -0.822. The van der Waals surface area contributed by atoms with E-state index in [0.717, 1.165) is 13.1 Å². The van der Waals surface area contributed by atoms with Crippen LogP contribution in [0.1, 0.15) is 0 Å². The van der Waals surface area contributed by atoms with Gasteiger partial charge in [-0.25, -0.2) is 0 Å². The van der Waals surface area contributed by atoms with E-state index in [-0.39, 0.29) is 0 Å². The van der Waals surface area contributed by atoms with E-state index >= 15 is 0 Å². The van der Waals surface area contributed by atoms with E-state index in [1.165, 1.54) is 6.08 Å². The summed E-state index contributed by atoms with van der Waals surface area (Å²) in [7, 11) is 0. The fourth-order valence-electron chi connectivity index (χ4n) is 0.342. The predicted molar refractivity (Wildman–Crippen MR) is 28.9 cm³/mol. The van der Waals surface area contributed by atoms with Gasteiger partial charge in [0.1, 0.15) is 0 Å². The fourth-order valence-corrected chi connectivity index (χ4v) is 0.342. The largest absolute Gasteiger partial charge is 0.363 e. The van der Waals surface area contributed by atoms with Crippen molar-refractivity contribution in [3.63, 3.8) is 0 Å². The number of hydrogen-bond donors (Lipinski definition) is 1. The standard InChI is InChI=1S/C5H9NO2/c1-2-5(7)8-6-3-4-6/h2,5,7H,1,3-4H2. The molecule has 1 N–H and O–H groups in total. The third-order valence-corrected chi connectivity index (χ3v) is 0.865. The monoisotopic (exact) mass is 115 g/mol. The molecule has 0 aromatic carbocycles.